The smallest absolute Gasteiger partial charge is 0.255 e. The molecule has 0 bridgehead atoms. The lowest BCUT2D eigenvalue weighted by atomic mass is 9.96. The zero-order valence-electron chi connectivity index (χ0n) is 16.0. The Hall–Kier alpha value is -3.25. The summed E-state index contributed by atoms with van der Waals surface area (Å²) < 4.78 is 13.9. The van der Waals surface area contributed by atoms with Crippen molar-refractivity contribution in [2.24, 2.45) is 0 Å². The van der Waals surface area contributed by atoms with Crippen LogP contribution in [0, 0.1) is 5.82 Å². The van der Waals surface area contributed by atoms with Crippen LogP contribution in [0.25, 0.3) is 0 Å². The fourth-order valence-corrected chi connectivity index (χ4v) is 3.87. The maximum Gasteiger partial charge on any atom is 0.255 e. The molecule has 1 amide bonds. The number of nitrogen functional groups attached to an aromatic ring is 1. The van der Waals surface area contributed by atoms with E-state index >= 15 is 0 Å². The SMILES string of the molecule is Nc1cncc(C(=O)N2CCN(C(c3ccccc3)c3cccc(F)c3)CC2)c1. The number of amides is 1. The van der Waals surface area contributed by atoms with Crippen LogP contribution >= 0.6 is 0 Å². The molecule has 0 radical (unpaired) electrons. The number of hydrogen-bond acceptors (Lipinski definition) is 4. The molecule has 29 heavy (non-hydrogen) atoms. The monoisotopic (exact) mass is 390 g/mol. The average Bonchev–Trinajstić information content (AvgIpc) is 2.75. The van der Waals surface area contributed by atoms with Crippen LogP contribution in [-0.2, 0) is 0 Å². The lowest BCUT2D eigenvalue weighted by Crippen LogP contribution is -2.49. The van der Waals surface area contributed by atoms with Crippen LogP contribution in [-0.4, -0.2) is 46.9 Å². The topological polar surface area (TPSA) is 62.5 Å². The molecule has 1 aliphatic rings. The van der Waals surface area contributed by atoms with Crippen molar-refractivity contribution < 1.29 is 9.18 Å². The summed E-state index contributed by atoms with van der Waals surface area (Å²) in [4.78, 5) is 20.9. The molecule has 2 heterocycles. The molecule has 5 nitrogen and oxygen atoms in total. The highest BCUT2D eigenvalue weighted by atomic mass is 19.1. The normalized spacial score (nSPS) is 15.8. The van der Waals surface area contributed by atoms with E-state index in [1.807, 2.05) is 29.2 Å². The third kappa shape index (κ3) is 4.27. The van der Waals surface area contributed by atoms with Crippen LogP contribution in [0.2, 0.25) is 0 Å². The van der Waals surface area contributed by atoms with Crippen molar-refractivity contribution in [1.82, 2.24) is 14.8 Å². The van der Waals surface area contributed by atoms with E-state index in [2.05, 4.69) is 22.0 Å². The Morgan fingerprint density at radius 2 is 1.66 bits per heavy atom. The molecule has 1 aromatic heterocycles. The average molecular weight is 390 g/mol. The molecule has 3 aromatic rings. The van der Waals surface area contributed by atoms with Crippen molar-refractivity contribution in [3.63, 3.8) is 0 Å². The van der Waals surface area contributed by atoms with E-state index < -0.39 is 0 Å². The highest BCUT2D eigenvalue weighted by Crippen LogP contribution is 2.30. The third-order valence-electron chi connectivity index (χ3n) is 5.25. The summed E-state index contributed by atoms with van der Waals surface area (Å²) in [7, 11) is 0. The highest BCUT2D eigenvalue weighted by molar-refractivity contribution is 5.94. The van der Waals surface area contributed by atoms with Crippen LogP contribution in [0.4, 0.5) is 10.1 Å². The Kier molecular flexibility index (Phi) is 5.53. The number of carbonyl (C=O) groups is 1. The summed E-state index contributed by atoms with van der Waals surface area (Å²) in [6.45, 7) is 2.56. The lowest BCUT2D eigenvalue weighted by Gasteiger charge is -2.39. The van der Waals surface area contributed by atoms with Crippen molar-refractivity contribution in [2.75, 3.05) is 31.9 Å². The van der Waals surface area contributed by atoms with Gasteiger partial charge in [-0.05, 0) is 29.3 Å². The van der Waals surface area contributed by atoms with Crippen LogP contribution in [0.3, 0.4) is 0 Å². The number of hydrogen-bond donors (Lipinski definition) is 1. The maximum atomic E-state index is 13.9. The molecule has 1 fully saturated rings. The minimum atomic E-state index is -0.244. The summed E-state index contributed by atoms with van der Waals surface area (Å²) in [5, 5.41) is 0. The quantitative estimate of drug-likeness (QED) is 0.742. The summed E-state index contributed by atoms with van der Waals surface area (Å²) >= 11 is 0. The van der Waals surface area contributed by atoms with E-state index in [9.17, 15) is 9.18 Å². The maximum absolute atomic E-state index is 13.9. The standard InChI is InChI=1S/C23H23FN4O/c24-20-8-4-7-18(13-20)22(17-5-2-1-3-6-17)27-9-11-28(12-10-27)23(29)19-14-21(25)16-26-15-19/h1-8,13-16,22H,9-12,25H2. The minimum absolute atomic E-state index is 0.0572. The molecule has 1 aliphatic heterocycles. The van der Waals surface area contributed by atoms with Crippen LogP contribution in [0.1, 0.15) is 27.5 Å². The summed E-state index contributed by atoms with van der Waals surface area (Å²) in [5.74, 6) is -0.308. The Bertz CT molecular complexity index is 987. The molecule has 1 saturated heterocycles. The zero-order chi connectivity index (χ0) is 20.2. The molecule has 148 valence electrons. The molecule has 4 rings (SSSR count). The Morgan fingerprint density at radius 3 is 2.34 bits per heavy atom. The number of halogens is 1. The van der Waals surface area contributed by atoms with Crippen molar-refractivity contribution in [3.05, 3.63) is 95.6 Å². The van der Waals surface area contributed by atoms with Crippen molar-refractivity contribution >= 4 is 11.6 Å². The van der Waals surface area contributed by atoms with E-state index in [4.69, 9.17) is 5.73 Å². The number of benzene rings is 2. The Balaban J connectivity index is 1.53. The van der Waals surface area contributed by atoms with E-state index in [1.54, 1.807) is 24.4 Å². The second-order valence-electron chi connectivity index (χ2n) is 7.20. The summed E-state index contributed by atoms with van der Waals surface area (Å²) in [6.07, 6.45) is 3.07. The van der Waals surface area contributed by atoms with Gasteiger partial charge in [0.05, 0.1) is 17.3 Å². The van der Waals surface area contributed by atoms with E-state index in [0.717, 1.165) is 11.1 Å². The number of pyridine rings is 1. The highest BCUT2D eigenvalue weighted by Gasteiger charge is 2.28. The van der Waals surface area contributed by atoms with E-state index in [-0.39, 0.29) is 17.8 Å². The molecule has 0 spiro atoms. The van der Waals surface area contributed by atoms with Gasteiger partial charge in [-0.3, -0.25) is 14.7 Å². The van der Waals surface area contributed by atoms with Gasteiger partial charge in [0.2, 0.25) is 0 Å². The first-order valence-electron chi connectivity index (χ1n) is 9.66. The second-order valence-corrected chi connectivity index (χ2v) is 7.20. The van der Waals surface area contributed by atoms with Gasteiger partial charge < -0.3 is 10.6 Å². The zero-order valence-corrected chi connectivity index (χ0v) is 16.0. The second kappa shape index (κ2) is 8.41. The van der Waals surface area contributed by atoms with Gasteiger partial charge in [-0.25, -0.2) is 4.39 Å². The molecule has 0 aliphatic carbocycles. The Labute approximate surface area is 169 Å². The van der Waals surface area contributed by atoms with Crippen LogP contribution in [0.15, 0.2) is 73.1 Å². The first-order valence-corrected chi connectivity index (χ1v) is 9.66. The van der Waals surface area contributed by atoms with E-state index in [1.165, 1.54) is 12.3 Å². The number of aromatic nitrogens is 1. The molecule has 2 aromatic carbocycles. The molecular weight excluding hydrogens is 367 g/mol. The molecule has 1 atom stereocenters. The lowest BCUT2D eigenvalue weighted by molar-refractivity contribution is 0.0597. The number of rotatable bonds is 4. The number of nitrogens with two attached hydrogens (primary N) is 1. The molecule has 6 heteroatoms. The first-order chi connectivity index (χ1) is 14.1. The predicted octanol–water partition coefficient (Wildman–Crippen LogP) is 3.35. The van der Waals surface area contributed by atoms with Crippen molar-refractivity contribution in [1.29, 1.82) is 0 Å². The molecule has 0 saturated carbocycles. The summed E-state index contributed by atoms with van der Waals surface area (Å²) in [5.41, 5.74) is 8.76. The fourth-order valence-electron chi connectivity index (χ4n) is 3.87. The molecular formula is C23H23FN4O. The predicted molar refractivity (Wildman–Crippen MR) is 111 cm³/mol. The third-order valence-corrected chi connectivity index (χ3v) is 5.25. The number of carbonyl (C=O) groups excluding carboxylic acids is 1. The van der Waals surface area contributed by atoms with Crippen molar-refractivity contribution in [2.45, 2.75) is 6.04 Å². The minimum Gasteiger partial charge on any atom is -0.397 e. The number of anilines is 1. The van der Waals surface area contributed by atoms with E-state index in [0.29, 0.717) is 37.4 Å². The number of piperazine rings is 1. The van der Waals surface area contributed by atoms with Gasteiger partial charge in [-0.2, -0.15) is 0 Å². The van der Waals surface area contributed by atoms with Gasteiger partial charge in [-0.1, -0.05) is 42.5 Å². The number of nitrogens with zero attached hydrogens (tertiary/aromatic N) is 3. The van der Waals surface area contributed by atoms with Gasteiger partial charge in [0.25, 0.3) is 5.91 Å². The molecule has 2 N–H and O–H groups in total. The summed E-state index contributed by atoms with van der Waals surface area (Å²) in [6, 6.07) is 18.4. The van der Waals surface area contributed by atoms with Gasteiger partial charge in [0, 0.05) is 38.6 Å². The Morgan fingerprint density at radius 1 is 0.931 bits per heavy atom. The van der Waals surface area contributed by atoms with Gasteiger partial charge in [0.1, 0.15) is 5.82 Å². The van der Waals surface area contributed by atoms with Crippen molar-refractivity contribution in [3.8, 4) is 0 Å². The fraction of sp³-hybridized carbons (Fsp3) is 0.217. The largest absolute Gasteiger partial charge is 0.397 e. The first kappa shape index (κ1) is 19.1. The molecule has 1 unspecified atom stereocenters. The van der Waals surface area contributed by atoms with Gasteiger partial charge >= 0.3 is 0 Å². The van der Waals surface area contributed by atoms with Gasteiger partial charge in [0.15, 0.2) is 0 Å². The van der Waals surface area contributed by atoms with Crippen LogP contribution < -0.4 is 5.73 Å². The van der Waals surface area contributed by atoms with Crippen LogP contribution in [0.5, 0.6) is 0 Å². The van der Waals surface area contributed by atoms with Gasteiger partial charge in [-0.15, -0.1) is 0 Å².